The highest BCUT2D eigenvalue weighted by Gasteiger charge is 2.17. The van der Waals surface area contributed by atoms with E-state index in [2.05, 4.69) is 14.9 Å². The zero-order valence-electron chi connectivity index (χ0n) is 8.41. The van der Waals surface area contributed by atoms with Gasteiger partial charge in [0, 0.05) is 18.2 Å². The Morgan fingerprint density at radius 1 is 1.79 bits per heavy atom. The lowest BCUT2D eigenvalue weighted by Gasteiger charge is -2.09. The minimum Gasteiger partial charge on any atom is -0.469 e. The summed E-state index contributed by atoms with van der Waals surface area (Å²) < 4.78 is 4.58. The largest absolute Gasteiger partial charge is 0.469 e. The predicted molar refractivity (Wildman–Crippen MR) is 51.8 cm³/mol. The smallest absolute Gasteiger partial charge is 0.306 e. The first-order valence-corrected chi connectivity index (χ1v) is 4.46. The number of carbonyl (C=O) groups excluding carboxylic acids is 1. The fourth-order valence-electron chi connectivity index (χ4n) is 1.24. The molecular formula is C9H15N3O2. The van der Waals surface area contributed by atoms with Crippen molar-refractivity contribution in [3.05, 3.63) is 17.5 Å². The van der Waals surface area contributed by atoms with Crippen molar-refractivity contribution in [3.63, 3.8) is 0 Å². The lowest BCUT2D eigenvalue weighted by Crippen LogP contribution is -2.17. The molecule has 14 heavy (non-hydrogen) atoms. The molecule has 0 aliphatic carbocycles. The van der Waals surface area contributed by atoms with E-state index in [-0.39, 0.29) is 18.3 Å². The quantitative estimate of drug-likeness (QED) is 0.681. The number of nitrogens with two attached hydrogens (primary N) is 1. The standard InChI is InChI=1S/C9H15N3O2/c1-6-3-8(12-11-6)7(5-10)4-9(13)14-2/h3,7H,4-5,10H2,1-2H3,(H,11,12). The number of aromatic amines is 1. The Morgan fingerprint density at radius 2 is 2.50 bits per heavy atom. The summed E-state index contributed by atoms with van der Waals surface area (Å²) in [6.07, 6.45) is 0.275. The van der Waals surface area contributed by atoms with Crippen LogP contribution in [-0.4, -0.2) is 29.8 Å². The number of aromatic nitrogens is 2. The Kier molecular flexibility index (Phi) is 3.64. The van der Waals surface area contributed by atoms with Crippen LogP contribution < -0.4 is 5.73 Å². The van der Waals surface area contributed by atoms with Crippen LogP contribution in [0.1, 0.15) is 23.7 Å². The number of nitrogens with one attached hydrogen (secondary N) is 1. The zero-order chi connectivity index (χ0) is 10.6. The fraction of sp³-hybridized carbons (Fsp3) is 0.556. The van der Waals surface area contributed by atoms with Crippen molar-refractivity contribution in [1.82, 2.24) is 10.2 Å². The number of carbonyl (C=O) groups is 1. The van der Waals surface area contributed by atoms with E-state index in [1.54, 1.807) is 0 Å². The van der Waals surface area contributed by atoms with Gasteiger partial charge in [0.25, 0.3) is 0 Å². The van der Waals surface area contributed by atoms with E-state index in [0.717, 1.165) is 11.4 Å². The molecular weight excluding hydrogens is 182 g/mol. The second-order valence-electron chi connectivity index (χ2n) is 3.19. The van der Waals surface area contributed by atoms with Gasteiger partial charge in [0.2, 0.25) is 0 Å². The van der Waals surface area contributed by atoms with Gasteiger partial charge in [0.05, 0.1) is 19.2 Å². The number of hydrogen-bond donors (Lipinski definition) is 2. The van der Waals surface area contributed by atoms with E-state index in [9.17, 15) is 4.79 Å². The SMILES string of the molecule is COC(=O)CC(CN)c1cc(C)[nH]n1. The molecule has 1 heterocycles. The van der Waals surface area contributed by atoms with E-state index in [4.69, 9.17) is 5.73 Å². The Balaban J connectivity index is 2.67. The Labute approximate surface area is 82.6 Å². The van der Waals surface area contributed by atoms with Crippen molar-refractivity contribution in [3.8, 4) is 0 Å². The molecule has 0 spiro atoms. The van der Waals surface area contributed by atoms with Crippen LogP contribution in [0.15, 0.2) is 6.07 Å². The average molecular weight is 197 g/mol. The number of aryl methyl sites for hydroxylation is 1. The van der Waals surface area contributed by atoms with Gasteiger partial charge in [-0.2, -0.15) is 5.10 Å². The highest BCUT2D eigenvalue weighted by atomic mass is 16.5. The number of H-pyrrole nitrogens is 1. The lowest BCUT2D eigenvalue weighted by molar-refractivity contribution is -0.141. The van der Waals surface area contributed by atoms with E-state index in [0.29, 0.717) is 6.54 Å². The summed E-state index contributed by atoms with van der Waals surface area (Å²) in [7, 11) is 1.37. The average Bonchev–Trinajstić information content (AvgIpc) is 2.60. The van der Waals surface area contributed by atoms with Gasteiger partial charge in [0.15, 0.2) is 0 Å². The maximum atomic E-state index is 11.0. The molecule has 0 saturated carbocycles. The van der Waals surface area contributed by atoms with Crippen LogP contribution in [0, 0.1) is 6.92 Å². The Morgan fingerprint density at radius 3 is 2.93 bits per heavy atom. The summed E-state index contributed by atoms with van der Waals surface area (Å²) in [4.78, 5) is 11.0. The number of nitrogens with zero attached hydrogens (tertiary/aromatic N) is 1. The molecule has 0 aromatic carbocycles. The van der Waals surface area contributed by atoms with Crippen LogP contribution in [-0.2, 0) is 9.53 Å². The summed E-state index contributed by atoms with van der Waals surface area (Å²) in [5, 5.41) is 6.88. The second kappa shape index (κ2) is 4.76. The van der Waals surface area contributed by atoms with Gasteiger partial charge in [-0.15, -0.1) is 0 Å². The van der Waals surface area contributed by atoms with Crippen LogP contribution in [0.25, 0.3) is 0 Å². The molecule has 3 N–H and O–H groups in total. The fourth-order valence-corrected chi connectivity index (χ4v) is 1.24. The van der Waals surface area contributed by atoms with Gasteiger partial charge >= 0.3 is 5.97 Å². The molecule has 0 bridgehead atoms. The minimum atomic E-state index is -0.263. The Bertz CT molecular complexity index is 309. The molecule has 5 nitrogen and oxygen atoms in total. The summed E-state index contributed by atoms with van der Waals surface area (Å²) in [5.74, 6) is -0.325. The minimum absolute atomic E-state index is 0.0626. The molecule has 0 amide bonds. The zero-order valence-corrected chi connectivity index (χ0v) is 8.41. The molecule has 5 heteroatoms. The van der Waals surface area contributed by atoms with Crippen molar-refractivity contribution in [2.24, 2.45) is 5.73 Å². The number of methoxy groups -OCH3 is 1. The number of rotatable bonds is 4. The highest BCUT2D eigenvalue weighted by Crippen LogP contribution is 2.17. The second-order valence-corrected chi connectivity index (χ2v) is 3.19. The van der Waals surface area contributed by atoms with Crippen molar-refractivity contribution < 1.29 is 9.53 Å². The Hall–Kier alpha value is -1.36. The molecule has 0 aliphatic rings. The summed E-state index contributed by atoms with van der Waals surface area (Å²) in [6, 6.07) is 1.89. The van der Waals surface area contributed by atoms with Crippen LogP contribution in [0.5, 0.6) is 0 Å². The number of hydrogen-bond acceptors (Lipinski definition) is 4. The molecule has 0 radical (unpaired) electrons. The molecule has 1 unspecified atom stereocenters. The predicted octanol–water partition coefficient (Wildman–Crippen LogP) is 0.324. The number of ether oxygens (including phenoxy) is 1. The normalized spacial score (nSPS) is 12.5. The summed E-state index contributed by atoms with van der Waals surface area (Å²) in [6.45, 7) is 2.29. The first-order chi connectivity index (χ1) is 6.67. The first-order valence-electron chi connectivity index (χ1n) is 4.46. The molecule has 0 fully saturated rings. The molecule has 1 atom stereocenters. The van der Waals surface area contributed by atoms with Crippen molar-refractivity contribution in [2.75, 3.05) is 13.7 Å². The molecule has 1 rings (SSSR count). The van der Waals surface area contributed by atoms with Gasteiger partial charge in [-0.25, -0.2) is 0 Å². The van der Waals surface area contributed by atoms with Gasteiger partial charge in [-0.05, 0) is 13.0 Å². The van der Waals surface area contributed by atoms with Gasteiger partial charge in [-0.3, -0.25) is 9.89 Å². The maximum Gasteiger partial charge on any atom is 0.306 e. The lowest BCUT2D eigenvalue weighted by atomic mass is 10.0. The van der Waals surface area contributed by atoms with Crippen LogP contribution in [0.3, 0.4) is 0 Å². The van der Waals surface area contributed by atoms with Gasteiger partial charge in [0.1, 0.15) is 0 Å². The van der Waals surface area contributed by atoms with Crippen molar-refractivity contribution in [1.29, 1.82) is 0 Å². The van der Waals surface area contributed by atoms with E-state index in [1.807, 2.05) is 13.0 Å². The molecule has 1 aromatic heterocycles. The molecule has 1 aromatic rings. The molecule has 78 valence electrons. The topological polar surface area (TPSA) is 81.0 Å². The van der Waals surface area contributed by atoms with Gasteiger partial charge < -0.3 is 10.5 Å². The number of esters is 1. The van der Waals surface area contributed by atoms with Crippen LogP contribution in [0.2, 0.25) is 0 Å². The van der Waals surface area contributed by atoms with E-state index in [1.165, 1.54) is 7.11 Å². The molecule has 0 saturated heterocycles. The summed E-state index contributed by atoms with van der Waals surface area (Å²) in [5.41, 5.74) is 7.33. The first kappa shape index (κ1) is 10.7. The van der Waals surface area contributed by atoms with Crippen LogP contribution >= 0.6 is 0 Å². The molecule has 0 aliphatic heterocycles. The van der Waals surface area contributed by atoms with Gasteiger partial charge in [-0.1, -0.05) is 0 Å². The third-order valence-corrected chi connectivity index (χ3v) is 2.07. The maximum absolute atomic E-state index is 11.0. The van der Waals surface area contributed by atoms with E-state index < -0.39 is 0 Å². The van der Waals surface area contributed by atoms with Crippen molar-refractivity contribution in [2.45, 2.75) is 19.3 Å². The monoisotopic (exact) mass is 197 g/mol. The third kappa shape index (κ3) is 2.56. The summed E-state index contributed by atoms with van der Waals surface area (Å²) >= 11 is 0. The van der Waals surface area contributed by atoms with Crippen LogP contribution in [0.4, 0.5) is 0 Å². The van der Waals surface area contributed by atoms with E-state index >= 15 is 0 Å². The highest BCUT2D eigenvalue weighted by molar-refractivity contribution is 5.70. The third-order valence-electron chi connectivity index (χ3n) is 2.07. The van der Waals surface area contributed by atoms with Crippen molar-refractivity contribution >= 4 is 5.97 Å².